The normalized spacial score (nSPS) is 18.1. The van der Waals surface area contributed by atoms with Gasteiger partial charge in [-0.2, -0.15) is 0 Å². The van der Waals surface area contributed by atoms with Crippen molar-refractivity contribution in [1.82, 2.24) is 15.3 Å². The van der Waals surface area contributed by atoms with Gasteiger partial charge in [0.15, 0.2) is 0 Å². The number of aromatic amines is 1. The number of hydrogen-bond acceptors (Lipinski definition) is 2. The molecule has 1 saturated heterocycles. The third-order valence-electron chi connectivity index (χ3n) is 3.32. The van der Waals surface area contributed by atoms with E-state index in [-0.39, 0.29) is 0 Å². The lowest BCUT2D eigenvalue weighted by Crippen LogP contribution is -2.26. The number of nitrogens with one attached hydrogen (secondary N) is 2. The highest BCUT2D eigenvalue weighted by Gasteiger charge is 2.18. The van der Waals surface area contributed by atoms with Crippen LogP contribution in [0.5, 0.6) is 0 Å². The Labute approximate surface area is 103 Å². The van der Waals surface area contributed by atoms with E-state index in [4.69, 9.17) is 0 Å². The summed E-state index contributed by atoms with van der Waals surface area (Å²) in [6.45, 7) is 2.25. The molecule has 0 atom stereocenters. The quantitative estimate of drug-likeness (QED) is 0.789. The summed E-state index contributed by atoms with van der Waals surface area (Å²) in [4.78, 5) is 7.70. The molecular weight excluding hydrogens is 266 g/mol. The lowest BCUT2D eigenvalue weighted by molar-refractivity contribution is 0.462. The van der Waals surface area contributed by atoms with Crippen molar-refractivity contribution in [2.45, 2.75) is 18.8 Å². The fourth-order valence-corrected chi connectivity index (χ4v) is 2.78. The molecule has 0 radical (unpaired) electrons. The van der Waals surface area contributed by atoms with Crippen LogP contribution in [0.3, 0.4) is 0 Å². The SMILES string of the molecule is Brc1ccc2c(C3CCNCC3)c[nH]c2n1. The zero-order valence-electron chi connectivity index (χ0n) is 8.96. The second-order valence-electron chi connectivity index (χ2n) is 4.30. The van der Waals surface area contributed by atoms with Gasteiger partial charge in [0, 0.05) is 11.6 Å². The summed E-state index contributed by atoms with van der Waals surface area (Å²) in [5, 5.41) is 4.67. The lowest BCUT2D eigenvalue weighted by atomic mass is 9.90. The molecule has 0 aliphatic carbocycles. The van der Waals surface area contributed by atoms with Crippen LogP contribution in [0.1, 0.15) is 24.3 Å². The van der Waals surface area contributed by atoms with E-state index >= 15 is 0 Å². The summed E-state index contributed by atoms with van der Waals surface area (Å²) < 4.78 is 0.888. The van der Waals surface area contributed by atoms with Gasteiger partial charge in [0.05, 0.1) is 0 Å². The van der Waals surface area contributed by atoms with E-state index in [1.54, 1.807) is 0 Å². The molecule has 1 fully saturated rings. The van der Waals surface area contributed by atoms with Crippen LogP contribution < -0.4 is 5.32 Å². The van der Waals surface area contributed by atoms with E-state index in [9.17, 15) is 0 Å². The Hall–Kier alpha value is -0.870. The van der Waals surface area contributed by atoms with Gasteiger partial charge in [-0.05, 0) is 65.5 Å². The minimum absolute atomic E-state index is 0.679. The third-order valence-corrected chi connectivity index (χ3v) is 3.76. The van der Waals surface area contributed by atoms with Crippen LogP contribution in [0.4, 0.5) is 0 Å². The molecule has 0 saturated carbocycles. The van der Waals surface area contributed by atoms with Gasteiger partial charge in [0.2, 0.25) is 0 Å². The van der Waals surface area contributed by atoms with Crippen molar-refractivity contribution in [3.63, 3.8) is 0 Å². The van der Waals surface area contributed by atoms with Gasteiger partial charge < -0.3 is 10.3 Å². The van der Waals surface area contributed by atoms with E-state index in [0.717, 1.165) is 23.3 Å². The van der Waals surface area contributed by atoms with E-state index in [1.807, 2.05) is 6.07 Å². The maximum Gasteiger partial charge on any atom is 0.138 e. The van der Waals surface area contributed by atoms with Crippen LogP contribution in [-0.4, -0.2) is 23.1 Å². The van der Waals surface area contributed by atoms with Crippen molar-refractivity contribution in [3.05, 3.63) is 28.5 Å². The molecule has 2 aromatic rings. The Morgan fingerprint density at radius 1 is 1.25 bits per heavy atom. The molecule has 4 heteroatoms. The van der Waals surface area contributed by atoms with E-state index < -0.39 is 0 Å². The fraction of sp³-hybridized carbons (Fsp3) is 0.417. The predicted molar refractivity (Wildman–Crippen MR) is 68.6 cm³/mol. The van der Waals surface area contributed by atoms with E-state index in [2.05, 4.69) is 43.5 Å². The summed E-state index contributed by atoms with van der Waals surface area (Å²) in [5.41, 5.74) is 2.42. The number of hydrogen-bond donors (Lipinski definition) is 2. The smallest absolute Gasteiger partial charge is 0.138 e. The first-order valence-electron chi connectivity index (χ1n) is 5.69. The highest BCUT2D eigenvalue weighted by molar-refractivity contribution is 9.10. The molecule has 0 aromatic carbocycles. The van der Waals surface area contributed by atoms with Gasteiger partial charge in [0.1, 0.15) is 10.3 Å². The van der Waals surface area contributed by atoms with Crippen LogP contribution in [0.25, 0.3) is 11.0 Å². The Kier molecular flexibility index (Phi) is 2.69. The number of H-pyrrole nitrogens is 1. The van der Waals surface area contributed by atoms with Crippen LogP contribution in [0, 0.1) is 0 Å². The number of aromatic nitrogens is 2. The van der Waals surface area contributed by atoms with Gasteiger partial charge in [-0.15, -0.1) is 0 Å². The Morgan fingerprint density at radius 3 is 2.88 bits per heavy atom. The van der Waals surface area contributed by atoms with Gasteiger partial charge >= 0.3 is 0 Å². The van der Waals surface area contributed by atoms with E-state index in [1.165, 1.54) is 23.8 Å². The zero-order valence-corrected chi connectivity index (χ0v) is 10.5. The average Bonchev–Trinajstić information content (AvgIpc) is 2.73. The molecule has 0 spiro atoms. The van der Waals surface area contributed by atoms with Crippen molar-refractivity contribution in [2.75, 3.05) is 13.1 Å². The second-order valence-corrected chi connectivity index (χ2v) is 5.11. The largest absolute Gasteiger partial charge is 0.346 e. The number of fused-ring (bicyclic) bond motifs is 1. The molecule has 2 N–H and O–H groups in total. The first-order chi connectivity index (χ1) is 7.84. The number of rotatable bonds is 1. The molecule has 3 rings (SSSR count). The van der Waals surface area contributed by atoms with Crippen molar-refractivity contribution in [2.24, 2.45) is 0 Å². The summed E-state index contributed by atoms with van der Waals surface area (Å²) >= 11 is 3.40. The minimum atomic E-state index is 0.679. The molecule has 1 aliphatic heterocycles. The molecule has 16 heavy (non-hydrogen) atoms. The van der Waals surface area contributed by atoms with Gasteiger partial charge in [0.25, 0.3) is 0 Å². The standard InChI is InChI=1S/C12H14BrN3/c13-11-2-1-9-10(7-15-12(9)16-11)8-3-5-14-6-4-8/h1-2,7-8,14H,3-6H2,(H,15,16). The van der Waals surface area contributed by atoms with Crippen LogP contribution in [0.2, 0.25) is 0 Å². The van der Waals surface area contributed by atoms with Gasteiger partial charge in [-0.25, -0.2) is 4.98 Å². The van der Waals surface area contributed by atoms with Crippen LogP contribution >= 0.6 is 15.9 Å². The first kappa shape index (κ1) is 10.3. The maximum atomic E-state index is 4.44. The monoisotopic (exact) mass is 279 g/mol. The summed E-state index contributed by atoms with van der Waals surface area (Å²) in [6.07, 6.45) is 4.58. The first-order valence-corrected chi connectivity index (χ1v) is 6.48. The highest BCUT2D eigenvalue weighted by Crippen LogP contribution is 2.31. The molecule has 1 aliphatic rings. The zero-order chi connectivity index (χ0) is 11.0. The second kappa shape index (κ2) is 4.18. The van der Waals surface area contributed by atoms with Gasteiger partial charge in [-0.1, -0.05) is 0 Å². The van der Waals surface area contributed by atoms with Crippen molar-refractivity contribution >= 4 is 27.0 Å². The summed E-state index contributed by atoms with van der Waals surface area (Å²) in [7, 11) is 0. The fourth-order valence-electron chi connectivity index (χ4n) is 2.47. The summed E-state index contributed by atoms with van der Waals surface area (Å²) in [6, 6.07) is 4.17. The lowest BCUT2D eigenvalue weighted by Gasteiger charge is -2.22. The summed E-state index contributed by atoms with van der Waals surface area (Å²) in [5.74, 6) is 0.679. The molecule has 84 valence electrons. The van der Waals surface area contributed by atoms with Gasteiger partial charge in [-0.3, -0.25) is 0 Å². The molecule has 0 bridgehead atoms. The Bertz CT molecular complexity index is 500. The molecule has 2 aromatic heterocycles. The Balaban J connectivity index is 2.03. The number of pyridine rings is 1. The maximum absolute atomic E-state index is 4.44. The van der Waals surface area contributed by atoms with Crippen LogP contribution in [-0.2, 0) is 0 Å². The van der Waals surface area contributed by atoms with Crippen molar-refractivity contribution in [1.29, 1.82) is 0 Å². The van der Waals surface area contributed by atoms with Crippen LogP contribution in [0.15, 0.2) is 22.9 Å². The number of halogens is 1. The average molecular weight is 280 g/mol. The number of piperidine rings is 1. The number of nitrogens with zero attached hydrogens (tertiary/aromatic N) is 1. The molecule has 0 unspecified atom stereocenters. The third kappa shape index (κ3) is 1.76. The van der Waals surface area contributed by atoms with Crippen molar-refractivity contribution in [3.8, 4) is 0 Å². The molecule has 3 nitrogen and oxygen atoms in total. The Morgan fingerprint density at radius 2 is 2.06 bits per heavy atom. The minimum Gasteiger partial charge on any atom is -0.346 e. The molecular formula is C12H14BrN3. The predicted octanol–water partition coefficient (Wildman–Crippen LogP) is 2.79. The topological polar surface area (TPSA) is 40.7 Å². The molecule has 0 amide bonds. The van der Waals surface area contributed by atoms with Crippen molar-refractivity contribution < 1.29 is 0 Å². The molecule has 3 heterocycles. The van der Waals surface area contributed by atoms with E-state index in [0.29, 0.717) is 5.92 Å². The highest BCUT2D eigenvalue weighted by atomic mass is 79.9.